The molecule has 0 aliphatic rings. The van der Waals surface area contributed by atoms with E-state index in [0.29, 0.717) is 0 Å². The van der Waals surface area contributed by atoms with Crippen molar-refractivity contribution < 1.29 is 14.6 Å². The van der Waals surface area contributed by atoms with Gasteiger partial charge in [0.15, 0.2) is 0 Å². The summed E-state index contributed by atoms with van der Waals surface area (Å²) in [6.45, 7) is 1.85. The Morgan fingerprint density at radius 3 is 2.29 bits per heavy atom. The zero-order chi connectivity index (χ0) is 4.99. The van der Waals surface area contributed by atoms with Crippen LogP contribution in [0.3, 0.4) is 0 Å². The van der Waals surface area contributed by atoms with Crippen LogP contribution in [0.15, 0.2) is 0 Å². The van der Waals surface area contributed by atoms with Gasteiger partial charge < -0.3 is 9.84 Å². The van der Waals surface area contributed by atoms with Crippen molar-refractivity contribution in [2.75, 3.05) is 6.61 Å². The van der Waals surface area contributed by atoms with Crippen LogP contribution in [0, 0.1) is 0 Å². The van der Waals surface area contributed by atoms with Gasteiger partial charge in [0, 0.05) is 0 Å². The predicted octanol–water partition coefficient (Wildman–Crippen LogP) is 0.0524. The van der Waals surface area contributed by atoms with Crippen molar-refractivity contribution in [3.05, 3.63) is 0 Å². The van der Waals surface area contributed by atoms with Crippen LogP contribution in [0.4, 0.5) is 4.79 Å². The molecule has 0 aliphatic carbocycles. The van der Waals surface area contributed by atoms with Gasteiger partial charge in [0.2, 0.25) is 0 Å². The topological polar surface area (TPSA) is 46.5 Å². The number of rotatable bonds is 1. The van der Waals surface area contributed by atoms with Crippen molar-refractivity contribution in [3.8, 4) is 0 Å². The van der Waals surface area contributed by atoms with Crippen molar-refractivity contribution in [1.82, 2.24) is 0 Å². The van der Waals surface area contributed by atoms with Crippen molar-refractivity contribution >= 4 is 25.0 Å². The molecule has 0 rings (SSSR count). The fourth-order valence-corrected chi connectivity index (χ4v) is 0.123. The summed E-state index contributed by atoms with van der Waals surface area (Å²) >= 11 is 0. The van der Waals surface area contributed by atoms with Crippen LogP contribution in [0.2, 0.25) is 0 Å². The van der Waals surface area contributed by atoms with Crippen molar-refractivity contribution in [1.29, 1.82) is 0 Å². The molecule has 0 aliphatic heterocycles. The fourth-order valence-electron chi connectivity index (χ4n) is 0.123. The fraction of sp³-hybridized carbons (Fsp3) is 0.667. The molecule has 0 aromatic rings. The maximum absolute atomic E-state index is 9.38. The normalized spacial score (nSPS) is 6.43. The molecule has 1 N–H and O–H groups in total. The van der Waals surface area contributed by atoms with Crippen LogP contribution in [0.1, 0.15) is 6.92 Å². The molecule has 0 heterocycles. The Morgan fingerprint density at radius 2 is 2.29 bits per heavy atom. The van der Waals surface area contributed by atoms with Gasteiger partial charge in [0.25, 0.3) is 0 Å². The summed E-state index contributed by atoms with van der Waals surface area (Å²) < 4.78 is 3.96. The molecule has 7 heavy (non-hydrogen) atoms. The standard InChI is InChI=1S/C3H6O3.Li.H/c1-2-6-3(4)5;;/h2H2,1H3,(H,4,5);;. The Bertz CT molecular complexity index is 54.1. The van der Waals surface area contributed by atoms with E-state index >= 15 is 0 Å². The van der Waals surface area contributed by atoms with E-state index in [2.05, 4.69) is 4.74 Å². The third-order valence-electron chi connectivity index (χ3n) is 0.268. The van der Waals surface area contributed by atoms with Gasteiger partial charge in [-0.2, -0.15) is 0 Å². The summed E-state index contributed by atoms with van der Waals surface area (Å²) in [6, 6.07) is 0. The van der Waals surface area contributed by atoms with E-state index in [-0.39, 0.29) is 25.5 Å². The minimum atomic E-state index is -1.21. The number of hydrogen-bond donors (Lipinski definition) is 1. The van der Waals surface area contributed by atoms with Crippen molar-refractivity contribution in [2.45, 2.75) is 6.92 Å². The molecule has 3 nitrogen and oxygen atoms in total. The molecule has 0 spiro atoms. The van der Waals surface area contributed by atoms with Gasteiger partial charge in [0.1, 0.15) is 0 Å². The summed E-state index contributed by atoms with van der Waals surface area (Å²) in [5, 5.41) is 7.69. The molecule has 0 bridgehead atoms. The van der Waals surface area contributed by atoms with E-state index in [1.165, 1.54) is 0 Å². The SMILES string of the molecule is CCOC(=O)O.[LiH]. The second kappa shape index (κ2) is 5.87. The molecule has 0 aromatic heterocycles. The molecule has 4 heteroatoms. The van der Waals surface area contributed by atoms with E-state index in [0.717, 1.165) is 0 Å². The first-order valence-corrected chi connectivity index (χ1v) is 1.63. The molecule has 0 saturated carbocycles. The van der Waals surface area contributed by atoms with Crippen LogP contribution in [0.5, 0.6) is 0 Å². The summed E-state index contributed by atoms with van der Waals surface area (Å²) in [4.78, 5) is 9.38. The molecular formula is C3H7LiO3. The Hall–Kier alpha value is -0.133. The Labute approximate surface area is 53.8 Å². The van der Waals surface area contributed by atoms with Crippen LogP contribution >= 0.6 is 0 Å². The molecule has 0 aromatic carbocycles. The Morgan fingerprint density at radius 1 is 1.86 bits per heavy atom. The minimum absolute atomic E-state index is 0. The first kappa shape index (κ1) is 9.98. The van der Waals surface area contributed by atoms with Crippen molar-refractivity contribution in [2.24, 2.45) is 0 Å². The first-order valence-electron chi connectivity index (χ1n) is 1.63. The number of hydrogen-bond acceptors (Lipinski definition) is 2. The van der Waals surface area contributed by atoms with Crippen LogP contribution in [0.25, 0.3) is 0 Å². The van der Waals surface area contributed by atoms with Crippen LogP contribution < -0.4 is 0 Å². The van der Waals surface area contributed by atoms with Gasteiger partial charge in [-0.1, -0.05) is 0 Å². The number of carbonyl (C=O) groups is 1. The van der Waals surface area contributed by atoms with E-state index < -0.39 is 6.16 Å². The molecule has 0 radical (unpaired) electrons. The van der Waals surface area contributed by atoms with Gasteiger partial charge in [-0.05, 0) is 6.92 Å². The van der Waals surface area contributed by atoms with Gasteiger partial charge in [-0.25, -0.2) is 4.79 Å². The third kappa shape index (κ3) is 10.7. The molecular weight excluding hydrogens is 91.0 g/mol. The average molecular weight is 98.0 g/mol. The quantitative estimate of drug-likeness (QED) is 0.372. The second-order valence-electron chi connectivity index (χ2n) is 0.699. The molecule has 0 saturated heterocycles. The van der Waals surface area contributed by atoms with E-state index in [1.54, 1.807) is 6.92 Å². The average Bonchev–Trinajstić information content (AvgIpc) is 1.35. The third-order valence-corrected chi connectivity index (χ3v) is 0.268. The first-order chi connectivity index (χ1) is 2.77. The number of carboxylic acid groups (broad SMARTS) is 1. The van der Waals surface area contributed by atoms with Crippen LogP contribution in [-0.4, -0.2) is 36.7 Å². The maximum atomic E-state index is 9.38. The molecule has 38 valence electrons. The second-order valence-corrected chi connectivity index (χ2v) is 0.699. The molecule has 0 unspecified atom stereocenters. The van der Waals surface area contributed by atoms with Gasteiger partial charge in [-0.15, -0.1) is 0 Å². The van der Waals surface area contributed by atoms with Gasteiger partial charge in [-0.3, -0.25) is 0 Å². The van der Waals surface area contributed by atoms with Crippen LogP contribution in [-0.2, 0) is 4.74 Å². The van der Waals surface area contributed by atoms with Gasteiger partial charge >= 0.3 is 25.0 Å². The van der Waals surface area contributed by atoms with Crippen molar-refractivity contribution in [3.63, 3.8) is 0 Å². The molecule has 0 amide bonds. The zero-order valence-electron chi connectivity index (χ0n) is 3.47. The van der Waals surface area contributed by atoms with Gasteiger partial charge in [0.05, 0.1) is 6.61 Å². The summed E-state index contributed by atoms with van der Waals surface area (Å²) in [5.41, 5.74) is 0. The Kier molecular flexibility index (Phi) is 8.36. The molecule has 0 atom stereocenters. The monoisotopic (exact) mass is 98.1 g/mol. The predicted molar refractivity (Wildman–Crippen MR) is 26.8 cm³/mol. The van der Waals surface area contributed by atoms with E-state index in [4.69, 9.17) is 5.11 Å². The number of ether oxygens (including phenoxy) is 1. The zero-order valence-corrected chi connectivity index (χ0v) is 3.47. The summed E-state index contributed by atoms with van der Waals surface area (Å²) in [5.74, 6) is 0. The van der Waals surface area contributed by atoms with E-state index in [9.17, 15) is 4.79 Å². The Balaban J connectivity index is 0. The molecule has 0 fully saturated rings. The summed E-state index contributed by atoms with van der Waals surface area (Å²) in [7, 11) is 0. The summed E-state index contributed by atoms with van der Waals surface area (Å²) in [6.07, 6.45) is -1.21. The van der Waals surface area contributed by atoms with E-state index in [1.807, 2.05) is 0 Å².